The Hall–Kier alpha value is -1.79. The first-order valence-electron chi connectivity index (χ1n) is 6.69. The van der Waals surface area contributed by atoms with Crippen molar-refractivity contribution in [1.82, 2.24) is 5.32 Å². The van der Waals surface area contributed by atoms with Crippen molar-refractivity contribution in [3.05, 3.63) is 40.0 Å². The smallest absolute Gasteiger partial charge is 0.265 e. The molecule has 1 unspecified atom stereocenters. The van der Waals surface area contributed by atoms with E-state index < -0.39 is 0 Å². The van der Waals surface area contributed by atoms with Crippen molar-refractivity contribution in [2.75, 3.05) is 20.8 Å². The van der Waals surface area contributed by atoms with Crippen LogP contribution in [-0.4, -0.2) is 26.7 Å². The summed E-state index contributed by atoms with van der Waals surface area (Å²) in [6, 6.07) is 5.23. The maximum atomic E-state index is 12.3. The first-order chi connectivity index (χ1) is 10.2. The molecule has 2 heterocycles. The highest BCUT2D eigenvalue weighted by Gasteiger charge is 2.21. The van der Waals surface area contributed by atoms with Crippen LogP contribution in [0.1, 0.15) is 34.2 Å². The van der Waals surface area contributed by atoms with Crippen molar-refractivity contribution in [2.24, 2.45) is 0 Å². The van der Waals surface area contributed by atoms with Gasteiger partial charge in [0.15, 0.2) is 0 Å². The minimum absolute atomic E-state index is 0.196. The highest BCUT2D eigenvalue weighted by atomic mass is 32.1. The Morgan fingerprint density at radius 2 is 2.19 bits per heavy atom. The third kappa shape index (κ3) is 3.65. The van der Waals surface area contributed by atoms with E-state index in [0.29, 0.717) is 23.0 Å². The first kappa shape index (κ1) is 15.6. The first-order valence-corrected chi connectivity index (χ1v) is 7.57. The summed E-state index contributed by atoms with van der Waals surface area (Å²) in [5.41, 5.74) is 0. The van der Waals surface area contributed by atoms with Crippen molar-refractivity contribution >= 4 is 17.2 Å². The largest absolute Gasteiger partial charge is 0.495 e. The quantitative estimate of drug-likeness (QED) is 0.854. The van der Waals surface area contributed by atoms with Crippen molar-refractivity contribution in [3.8, 4) is 5.75 Å². The summed E-state index contributed by atoms with van der Waals surface area (Å²) >= 11 is 1.34. The molecule has 6 heteroatoms. The Bertz CT molecular complexity index is 590. The van der Waals surface area contributed by atoms with Gasteiger partial charge in [0.25, 0.3) is 5.91 Å². The molecule has 2 aromatic rings. The molecule has 0 saturated heterocycles. The van der Waals surface area contributed by atoms with E-state index in [0.717, 1.165) is 12.2 Å². The van der Waals surface area contributed by atoms with Gasteiger partial charge in [-0.25, -0.2) is 0 Å². The second-order valence-corrected chi connectivity index (χ2v) is 5.37. The lowest BCUT2D eigenvalue weighted by atomic mass is 10.2. The summed E-state index contributed by atoms with van der Waals surface area (Å²) in [6.45, 7) is 2.36. The predicted molar refractivity (Wildman–Crippen MR) is 81.0 cm³/mol. The summed E-state index contributed by atoms with van der Waals surface area (Å²) in [5.74, 6) is 1.95. The van der Waals surface area contributed by atoms with Crippen LogP contribution in [0.25, 0.3) is 0 Å². The molecule has 0 aliphatic carbocycles. The summed E-state index contributed by atoms with van der Waals surface area (Å²) in [6.07, 6.45) is 0.812. The molecule has 21 heavy (non-hydrogen) atoms. The van der Waals surface area contributed by atoms with Gasteiger partial charge in [0.1, 0.15) is 28.2 Å². The number of carbonyl (C=O) groups excluding carboxylic acids is 1. The van der Waals surface area contributed by atoms with Crippen molar-refractivity contribution in [3.63, 3.8) is 0 Å². The zero-order valence-electron chi connectivity index (χ0n) is 12.3. The number of ether oxygens (including phenoxy) is 2. The Labute approximate surface area is 127 Å². The Kier molecular flexibility index (Phi) is 5.41. The molecule has 2 rings (SSSR count). The fraction of sp³-hybridized carbons (Fsp3) is 0.400. The number of methoxy groups -OCH3 is 2. The monoisotopic (exact) mass is 309 g/mol. The number of rotatable bonds is 7. The fourth-order valence-electron chi connectivity index (χ4n) is 1.98. The normalized spacial score (nSPS) is 12.1. The van der Waals surface area contributed by atoms with Crippen LogP contribution >= 0.6 is 11.3 Å². The van der Waals surface area contributed by atoms with Crippen LogP contribution in [0.5, 0.6) is 5.75 Å². The highest BCUT2D eigenvalue weighted by molar-refractivity contribution is 7.12. The number of nitrogens with one attached hydrogen (secondary N) is 1. The fourth-order valence-corrected chi connectivity index (χ4v) is 2.74. The van der Waals surface area contributed by atoms with Crippen LogP contribution in [0.4, 0.5) is 0 Å². The van der Waals surface area contributed by atoms with Crippen LogP contribution < -0.4 is 10.1 Å². The van der Waals surface area contributed by atoms with Gasteiger partial charge in [0, 0.05) is 13.5 Å². The zero-order valence-corrected chi connectivity index (χ0v) is 13.2. The lowest BCUT2D eigenvalue weighted by Gasteiger charge is -2.15. The van der Waals surface area contributed by atoms with Gasteiger partial charge >= 0.3 is 0 Å². The molecule has 0 spiro atoms. The number of furan rings is 1. The molecule has 0 aliphatic heterocycles. The number of hydrogen-bond donors (Lipinski definition) is 1. The minimum atomic E-state index is -0.324. The second-order valence-electron chi connectivity index (χ2n) is 4.46. The minimum Gasteiger partial charge on any atom is -0.495 e. The number of thiophene rings is 1. The summed E-state index contributed by atoms with van der Waals surface area (Å²) in [4.78, 5) is 12.9. The van der Waals surface area contributed by atoms with Gasteiger partial charge in [-0.3, -0.25) is 4.79 Å². The molecule has 0 aliphatic rings. The summed E-state index contributed by atoms with van der Waals surface area (Å²) in [7, 11) is 3.14. The Balaban J connectivity index is 2.14. The van der Waals surface area contributed by atoms with Crippen LogP contribution in [0.3, 0.4) is 0 Å². The molecule has 0 fully saturated rings. The standard InChI is InChI=1S/C15H19NO4S/c1-4-10-5-6-12(20-10)11(9-18-2)16-15(17)14-13(19-3)7-8-21-14/h5-8,11H,4,9H2,1-3H3,(H,16,17). The maximum absolute atomic E-state index is 12.3. The van der Waals surface area contributed by atoms with E-state index in [2.05, 4.69) is 5.32 Å². The molecule has 5 nitrogen and oxygen atoms in total. The van der Waals surface area contributed by atoms with E-state index in [1.807, 2.05) is 24.4 Å². The Morgan fingerprint density at radius 1 is 1.38 bits per heavy atom. The van der Waals surface area contributed by atoms with E-state index in [4.69, 9.17) is 13.9 Å². The van der Waals surface area contributed by atoms with Gasteiger partial charge in [-0.1, -0.05) is 6.92 Å². The molecule has 0 saturated carbocycles. The predicted octanol–water partition coefficient (Wildman–Crippen LogP) is 3.03. The van der Waals surface area contributed by atoms with Crippen LogP contribution in [0.2, 0.25) is 0 Å². The zero-order chi connectivity index (χ0) is 15.2. The van der Waals surface area contributed by atoms with Crippen molar-refractivity contribution in [1.29, 1.82) is 0 Å². The van der Waals surface area contributed by atoms with Gasteiger partial charge in [0.2, 0.25) is 0 Å². The summed E-state index contributed by atoms with van der Waals surface area (Å²) in [5, 5.41) is 4.74. The molecule has 1 amide bonds. The highest BCUT2D eigenvalue weighted by Crippen LogP contribution is 2.25. The Morgan fingerprint density at radius 3 is 2.81 bits per heavy atom. The molecule has 114 valence electrons. The van der Waals surface area contributed by atoms with Gasteiger partial charge < -0.3 is 19.2 Å². The molecule has 1 N–H and O–H groups in total. The van der Waals surface area contributed by atoms with Gasteiger partial charge in [-0.05, 0) is 23.6 Å². The van der Waals surface area contributed by atoms with Crippen molar-refractivity contribution in [2.45, 2.75) is 19.4 Å². The van der Waals surface area contributed by atoms with E-state index in [1.54, 1.807) is 20.3 Å². The number of hydrogen-bond acceptors (Lipinski definition) is 5. The SMILES string of the molecule is CCc1ccc(C(COC)NC(=O)c2sccc2OC)o1. The average molecular weight is 309 g/mol. The van der Waals surface area contributed by atoms with Gasteiger partial charge in [0.05, 0.1) is 13.7 Å². The van der Waals surface area contributed by atoms with E-state index in [9.17, 15) is 4.79 Å². The number of carbonyl (C=O) groups is 1. The third-order valence-electron chi connectivity index (χ3n) is 3.07. The summed E-state index contributed by atoms with van der Waals surface area (Å²) < 4.78 is 16.0. The maximum Gasteiger partial charge on any atom is 0.265 e. The van der Waals surface area contributed by atoms with E-state index >= 15 is 0 Å². The molecular weight excluding hydrogens is 290 g/mol. The lowest BCUT2D eigenvalue weighted by Crippen LogP contribution is -2.30. The number of amides is 1. The second kappa shape index (κ2) is 7.28. The van der Waals surface area contributed by atoms with Gasteiger partial charge in [-0.2, -0.15) is 0 Å². The molecule has 1 atom stereocenters. The molecular formula is C15H19NO4S. The molecule has 0 bridgehead atoms. The molecule has 2 aromatic heterocycles. The van der Waals surface area contributed by atoms with Crippen LogP contribution in [0.15, 0.2) is 28.0 Å². The van der Waals surface area contributed by atoms with Crippen LogP contribution in [-0.2, 0) is 11.2 Å². The topological polar surface area (TPSA) is 60.7 Å². The van der Waals surface area contributed by atoms with E-state index in [-0.39, 0.29) is 11.9 Å². The van der Waals surface area contributed by atoms with Gasteiger partial charge in [-0.15, -0.1) is 11.3 Å². The average Bonchev–Trinajstić information content (AvgIpc) is 3.15. The third-order valence-corrected chi connectivity index (χ3v) is 3.96. The molecule has 0 aromatic carbocycles. The molecule has 0 radical (unpaired) electrons. The lowest BCUT2D eigenvalue weighted by molar-refractivity contribution is 0.0883. The van der Waals surface area contributed by atoms with E-state index in [1.165, 1.54) is 11.3 Å². The number of aryl methyl sites for hydroxylation is 1. The van der Waals surface area contributed by atoms with Crippen molar-refractivity contribution < 1.29 is 18.7 Å². The van der Waals surface area contributed by atoms with Crippen LogP contribution in [0, 0.1) is 0 Å².